The van der Waals surface area contributed by atoms with Gasteiger partial charge in [0.25, 0.3) is 0 Å². The third kappa shape index (κ3) is 2.36. The fraction of sp³-hybridized carbons (Fsp3) is 0. The molecule has 0 aliphatic rings. The largest absolute Gasteiger partial charge is 0.368 e. The predicted octanol–water partition coefficient (Wildman–Crippen LogP) is 3.53. The van der Waals surface area contributed by atoms with E-state index in [1.54, 1.807) is 24.4 Å². The monoisotopic (exact) mass is 265 g/mol. The molecule has 3 rings (SSSR count). The van der Waals surface area contributed by atoms with Crippen molar-refractivity contribution >= 4 is 5.95 Å². The second kappa shape index (κ2) is 5.09. The summed E-state index contributed by atoms with van der Waals surface area (Å²) in [5.74, 6) is -0.0195. The van der Waals surface area contributed by atoms with Gasteiger partial charge in [0, 0.05) is 11.8 Å². The minimum absolute atomic E-state index is 0.233. The first kappa shape index (κ1) is 12.3. The van der Waals surface area contributed by atoms with Gasteiger partial charge in [-0.25, -0.2) is 14.4 Å². The van der Waals surface area contributed by atoms with Gasteiger partial charge in [0.05, 0.1) is 5.69 Å². The first-order valence-corrected chi connectivity index (χ1v) is 6.18. The molecular weight excluding hydrogens is 253 g/mol. The molecule has 0 bridgehead atoms. The van der Waals surface area contributed by atoms with E-state index in [4.69, 9.17) is 5.73 Å². The van der Waals surface area contributed by atoms with E-state index in [9.17, 15) is 4.39 Å². The van der Waals surface area contributed by atoms with Gasteiger partial charge in [-0.3, -0.25) is 0 Å². The van der Waals surface area contributed by atoms with E-state index in [1.165, 1.54) is 12.1 Å². The maximum atomic E-state index is 13.0. The summed E-state index contributed by atoms with van der Waals surface area (Å²) in [7, 11) is 0. The molecule has 0 aliphatic carbocycles. The Morgan fingerprint density at radius 2 is 1.55 bits per heavy atom. The van der Waals surface area contributed by atoms with Crippen molar-refractivity contribution in [3.05, 3.63) is 66.6 Å². The zero-order valence-electron chi connectivity index (χ0n) is 10.6. The van der Waals surface area contributed by atoms with E-state index in [0.717, 1.165) is 22.4 Å². The van der Waals surface area contributed by atoms with Crippen molar-refractivity contribution in [1.82, 2.24) is 9.97 Å². The standard InChI is InChI=1S/C16H12FN3/c17-12-7-5-11(6-8-12)13-3-1-2-4-14(13)15-9-10-19-16(18)20-15/h1-10H,(H2,18,19,20). The lowest BCUT2D eigenvalue weighted by atomic mass is 9.97. The minimum atomic E-state index is -0.252. The van der Waals surface area contributed by atoms with E-state index >= 15 is 0 Å². The molecule has 0 saturated carbocycles. The van der Waals surface area contributed by atoms with E-state index < -0.39 is 0 Å². The van der Waals surface area contributed by atoms with Crippen molar-refractivity contribution in [3.63, 3.8) is 0 Å². The highest BCUT2D eigenvalue weighted by Crippen LogP contribution is 2.30. The zero-order valence-corrected chi connectivity index (χ0v) is 10.6. The maximum absolute atomic E-state index is 13.0. The summed E-state index contributed by atoms with van der Waals surface area (Å²) < 4.78 is 13.0. The highest BCUT2D eigenvalue weighted by molar-refractivity contribution is 5.81. The summed E-state index contributed by atoms with van der Waals surface area (Å²) in [6.07, 6.45) is 1.62. The molecular formula is C16H12FN3. The van der Waals surface area contributed by atoms with Gasteiger partial charge in [0.2, 0.25) is 5.95 Å². The van der Waals surface area contributed by atoms with Crippen LogP contribution < -0.4 is 5.73 Å². The van der Waals surface area contributed by atoms with Crippen LogP contribution in [0.15, 0.2) is 60.8 Å². The Bertz CT molecular complexity index is 739. The zero-order chi connectivity index (χ0) is 13.9. The smallest absolute Gasteiger partial charge is 0.220 e. The van der Waals surface area contributed by atoms with Crippen LogP contribution in [0.4, 0.5) is 10.3 Å². The molecule has 0 radical (unpaired) electrons. The van der Waals surface area contributed by atoms with Gasteiger partial charge in [0.1, 0.15) is 5.82 Å². The Morgan fingerprint density at radius 1 is 0.850 bits per heavy atom. The van der Waals surface area contributed by atoms with Crippen LogP contribution in [0.1, 0.15) is 0 Å². The van der Waals surface area contributed by atoms with Crippen LogP contribution in [0.25, 0.3) is 22.4 Å². The number of hydrogen-bond acceptors (Lipinski definition) is 3. The molecule has 0 atom stereocenters. The van der Waals surface area contributed by atoms with Crippen molar-refractivity contribution in [1.29, 1.82) is 0 Å². The van der Waals surface area contributed by atoms with Crippen LogP contribution in [-0.2, 0) is 0 Å². The topological polar surface area (TPSA) is 51.8 Å². The number of rotatable bonds is 2. The molecule has 0 amide bonds. The number of nitrogens with two attached hydrogens (primary N) is 1. The molecule has 3 nitrogen and oxygen atoms in total. The Kier molecular flexibility index (Phi) is 3.13. The molecule has 20 heavy (non-hydrogen) atoms. The molecule has 1 heterocycles. The third-order valence-corrected chi connectivity index (χ3v) is 3.03. The molecule has 0 saturated heterocycles. The highest BCUT2D eigenvalue weighted by Gasteiger charge is 2.08. The lowest BCUT2D eigenvalue weighted by Crippen LogP contribution is -1.96. The van der Waals surface area contributed by atoms with Crippen LogP contribution in [0.5, 0.6) is 0 Å². The fourth-order valence-corrected chi connectivity index (χ4v) is 2.11. The predicted molar refractivity (Wildman–Crippen MR) is 77.3 cm³/mol. The third-order valence-electron chi connectivity index (χ3n) is 3.03. The summed E-state index contributed by atoms with van der Waals surface area (Å²) >= 11 is 0. The molecule has 0 spiro atoms. The Morgan fingerprint density at radius 3 is 2.25 bits per heavy atom. The average molecular weight is 265 g/mol. The molecule has 2 aromatic carbocycles. The van der Waals surface area contributed by atoms with Gasteiger partial charge < -0.3 is 5.73 Å². The lowest BCUT2D eigenvalue weighted by molar-refractivity contribution is 0.628. The van der Waals surface area contributed by atoms with Gasteiger partial charge in [-0.2, -0.15) is 0 Å². The van der Waals surface area contributed by atoms with Gasteiger partial charge >= 0.3 is 0 Å². The van der Waals surface area contributed by atoms with E-state index in [0.29, 0.717) is 0 Å². The maximum Gasteiger partial charge on any atom is 0.220 e. The molecule has 0 aliphatic heterocycles. The van der Waals surface area contributed by atoms with Crippen LogP contribution in [0.2, 0.25) is 0 Å². The minimum Gasteiger partial charge on any atom is -0.368 e. The number of benzene rings is 2. The quantitative estimate of drug-likeness (QED) is 0.771. The normalized spacial score (nSPS) is 10.4. The Balaban J connectivity index is 2.16. The van der Waals surface area contributed by atoms with Crippen molar-refractivity contribution < 1.29 is 4.39 Å². The second-order valence-electron chi connectivity index (χ2n) is 4.35. The summed E-state index contributed by atoms with van der Waals surface area (Å²) in [6.45, 7) is 0. The van der Waals surface area contributed by atoms with Crippen LogP contribution in [0.3, 0.4) is 0 Å². The van der Waals surface area contributed by atoms with Gasteiger partial charge in [0.15, 0.2) is 0 Å². The molecule has 0 fully saturated rings. The number of halogens is 1. The SMILES string of the molecule is Nc1nccc(-c2ccccc2-c2ccc(F)cc2)n1. The first-order valence-electron chi connectivity index (χ1n) is 6.18. The number of hydrogen-bond donors (Lipinski definition) is 1. The fourth-order valence-electron chi connectivity index (χ4n) is 2.11. The molecule has 1 aromatic heterocycles. The molecule has 98 valence electrons. The van der Waals surface area contributed by atoms with Gasteiger partial charge in [-0.05, 0) is 29.3 Å². The van der Waals surface area contributed by atoms with Crippen molar-refractivity contribution in [3.8, 4) is 22.4 Å². The number of aromatic nitrogens is 2. The van der Waals surface area contributed by atoms with Gasteiger partial charge in [-0.15, -0.1) is 0 Å². The van der Waals surface area contributed by atoms with E-state index in [1.807, 2.05) is 24.3 Å². The van der Waals surface area contributed by atoms with E-state index in [-0.39, 0.29) is 11.8 Å². The second-order valence-corrected chi connectivity index (χ2v) is 4.35. The summed E-state index contributed by atoms with van der Waals surface area (Å²) in [6, 6.07) is 16.0. The first-order chi connectivity index (χ1) is 9.74. The van der Waals surface area contributed by atoms with Gasteiger partial charge in [-0.1, -0.05) is 36.4 Å². The van der Waals surface area contributed by atoms with Crippen LogP contribution >= 0.6 is 0 Å². The Labute approximate surface area is 115 Å². The molecule has 2 N–H and O–H groups in total. The van der Waals surface area contributed by atoms with Crippen LogP contribution in [-0.4, -0.2) is 9.97 Å². The lowest BCUT2D eigenvalue weighted by Gasteiger charge is -2.09. The van der Waals surface area contributed by atoms with Crippen molar-refractivity contribution in [2.75, 3.05) is 5.73 Å². The van der Waals surface area contributed by atoms with E-state index in [2.05, 4.69) is 9.97 Å². The average Bonchev–Trinajstić information content (AvgIpc) is 2.48. The Hall–Kier alpha value is -2.75. The highest BCUT2D eigenvalue weighted by atomic mass is 19.1. The number of anilines is 1. The van der Waals surface area contributed by atoms with Crippen LogP contribution in [0, 0.1) is 5.82 Å². The number of nitrogens with zero attached hydrogens (tertiary/aromatic N) is 2. The van der Waals surface area contributed by atoms with Crippen molar-refractivity contribution in [2.24, 2.45) is 0 Å². The molecule has 0 unspecified atom stereocenters. The summed E-state index contributed by atoms with van der Waals surface area (Å²) in [4.78, 5) is 8.14. The number of nitrogen functional groups attached to an aromatic ring is 1. The summed E-state index contributed by atoms with van der Waals surface area (Å²) in [5.41, 5.74) is 9.23. The molecule has 3 aromatic rings. The van der Waals surface area contributed by atoms with Crippen molar-refractivity contribution in [2.45, 2.75) is 0 Å². The summed E-state index contributed by atoms with van der Waals surface area (Å²) in [5, 5.41) is 0. The molecule has 4 heteroatoms.